The Kier molecular flexibility index (Phi) is 8.80. The molecule has 0 bridgehead atoms. The molecule has 2 aliphatic rings. The molecule has 0 saturated carbocycles. The summed E-state index contributed by atoms with van der Waals surface area (Å²) >= 11 is 0. The molecule has 2 aliphatic heterocycles. The van der Waals surface area contributed by atoms with Crippen molar-refractivity contribution in [2.24, 2.45) is 0 Å². The molecule has 15 heteroatoms. The molecule has 15 nitrogen and oxygen atoms in total. The largest absolute Gasteiger partial charge is 0.508 e. The van der Waals surface area contributed by atoms with Crippen LogP contribution >= 0.6 is 0 Å². The van der Waals surface area contributed by atoms with Crippen LogP contribution in [0.1, 0.15) is 6.92 Å². The topological polar surface area (TPSA) is 238 Å². The Balaban J connectivity index is 1.47. The minimum Gasteiger partial charge on any atom is -0.508 e. The van der Waals surface area contributed by atoms with E-state index in [1.54, 1.807) is 0 Å². The molecule has 0 spiro atoms. The molecule has 3 aromatic rings. The molecular formula is C28H32O15. The van der Waals surface area contributed by atoms with Crippen LogP contribution in [0.4, 0.5) is 0 Å². The SMILES string of the molecule is COc1cc(O)c2c(=O)c(OC3OC(COC4OC(C)C(O)C(O)C4O)C(O)C(O)C3O)c(-c3ccc(O)cc3)oc2c1. The quantitative estimate of drug-likeness (QED) is 0.159. The van der Waals surface area contributed by atoms with Gasteiger partial charge in [0.05, 0.1) is 19.8 Å². The van der Waals surface area contributed by atoms with Crippen LogP contribution in [0.5, 0.6) is 23.0 Å². The van der Waals surface area contributed by atoms with E-state index in [9.17, 15) is 45.6 Å². The van der Waals surface area contributed by atoms with E-state index >= 15 is 0 Å². The fourth-order valence-corrected chi connectivity index (χ4v) is 4.89. The normalized spacial score (nSPS) is 32.9. The van der Waals surface area contributed by atoms with Crippen LogP contribution in [-0.4, -0.2) is 116 Å². The van der Waals surface area contributed by atoms with E-state index < -0.39 is 84.9 Å². The monoisotopic (exact) mass is 608 g/mol. The van der Waals surface area contributed by atoms with Crippen molar-refractivity contribution < 1.29 is 69.0 Å². The van der Waals surface area contributed by atoms with Crippen LogP contribution in [0.25, 0.3) is 22.3 Å². The maximum Gasteiger partial charge on any atom is 0.239 e. The lowest BCUT2D eigenvalue weighted by molar-refractivity contribution is -0.318. The average Bonchev–Trinajstić information content (AvgIpc) is 2.99. The molecule has 43 heavy (non-hydrogen) atoms. The zero-order valence-corrected chi connectivity index (χ0v) is 22.9. The Labute approximate surface area is 243 Å². The molecule has 234 valence electrons. The van der Waals surface area contributed by atoms with Crippen molar-refractivity contribution in [1.29, 1.82) is 0 Å². The van der Waals surface area contributed by atoms with Crippen LogP contribution in [0.3, 0.4) is 0 Å². The van der Waals surface area contributed by atoms with Crippen LogP contribution < -0.4 is 14.9 Å². The van der Waals surface area contributed by atoms with Gasteiger partial charge in [-0.1, -0.05) is 0 Å². The second-order valence-electron chi connectivity index (χ2n) is 10.3. The summed E-state index contributed by atoms with van der Waals surface area (Å²) in [6.45, 7) is 0.889. The van der Waals surface area contributed by atoms with Gasteiger partial charge in [0, 0.05) is 17.7 Å². The number of hydrogen-bond acceptors (Lipinski definition) is 15. The van der Waals surface area contributed by atoms with E-state index in [1.807, 2.05) is 0 Å². The van der Waals surface area contributed by atoms with Gasteiger partial charge in [0.2, 0.25) is 17.5 Å². The summed E-state index contributed by atoms with van der Waals surface area (Å²) in [6, 6.07) is 8.03. The summed E-state index contributed by atoms with van der Waals surface area (Å²) in [5, 5.41) is 82.0. The number of phenolic OH excluding ortho intramolecular Hbond substituents is 2. The number of ether oxygens (including phenoxy) is 5. The fourth-order valence-electron chi connectivity index (χ4n) is 4.89. The molecule has 2 saturated heterocycles. The Morgan fingerprint density at radius 1 is 0.814 bits per heavy atom. The average molecular weight is 609 g/mol. The zero-order valence-electron chi connectivity index (χ0n) is 22.9. The number of hydrogen-bond donors (Lipinski definition) is 8. The van der Waals surface area contributed by atoms with E-state index in [1.165, 1.54) is 50.4 Å². The Morgan fingerprint density at radius 2 is 1.47 bits per heavy atom. The van der Waals surface area contributed by atoms with Gasteiger partial charge in [-0.05, 0) is 31.2 Å². The second-order valence-corrected chi connectivity index (χ2v) is 10.3. The lowest BCUT2D eigenvalue weighted by atomic mass is 9.98. The maximum absolute atomic E-state index is 13.7. The first-order chi connectivity index (χ1) is 20.4. The number of benzene rings is 2. The molecule has 2 aromatic carbocycles. The minimum atomic E-state index is -1.90. The summed E-state index contributed by atoms with van der Waals surface area (Å²) < 4.78 is 33.4. The predicted molar refractivity (Wildman–Crippen MR) is 143 cm³/mol. The number of fused-ring (bicyclic) bond motifs is 1. The standard InChI is InChI=1S/C28H32O15/c1-10-18(31)21(34)23(36)27(40-10)39-9-16-19(32)22(35)24(37)28(42-16)43-26-20(33)17-14(30)7-13(38-2)8-15(17)41-25(26)11-3-5-12(29)6-4-11/h3-8,10,16,18-19,21-24,27-32,34-37H,9H2,1-2H3. The molecule has 3 heterocycles. The third-order valence-corrected chi connectivity index (χ3v) is 7.41. The summed E-state index contributed by atoms with van der Waals surface area (Å²) in [6.07, 6.45) is -15.7. The van der Waals surface area contributed by atoms with E-state index in [0.717, 1.165) is 0 Å². The van der Waals surface area contributed by atoms with Gasteiger partial charge < -0.3 is 69.0 Å². The van der Waals surface area contributed by atoms with Gasteiger partial charge in [0.15, 0.2) is 12.1 Å². The van der Waals surface area contributed by atoms with Gasteiger partial charge in [-0.25, -0.2) is 0 Å². The van der Waals surface area contributed by atoms with Gasteiger partial charge in [0.25, 0.3) is 0 Å². The summed E-state index contributed by atoms with van der Waals surface area (Å²) in [7, 11) is 1.35. The predicted octanol–water partition coefficient (Wildman–Crippen LogP) is -1.09. The second kappa shape index (κ2) is 12.2. The van der Waals surface area contributed by atoms with Crippen molar-refractivity contribution in [2.75, 3.05) is 13.7 Å². The molecule has 5 rings (SSSR count). The van der Waals surface area contributed by atoms with Gasteiger partial charge in [-0.15, -0.1) is 0 Å². The molecule has 10 atom stereocenters. The van der Waals surface area contributed by atoms with Crippen LogP contribution in [0, 0.1) is 0 Å². The highest BCUT2D eigenvalue weighted by atomic mass is 16.7. The maximum atomic E-state index is 13.7. The number of aromatic hydroxyl groups is 2. The first kappa shape index (κ1) is 30.9. The Hall–Kier alpha value is -3.51. The van der Waals surface area contributed by atoms with Crippen molar-refractivity contribution in [3.05, 3.63) is 46.6 Å². The fraction of sp³-hybridized carbons (Fsp3) is 0.464. The molecule has 2 fully saturated rings. The van der Waals surface area contributed by atoms with E-state index in [0.29, 0.717) is 0 Å². The van der Waals surface area contributed by atoms with E-state index in [2.05, 4.69) is 0 Å². The minimum absolute atomic E-state index is 0.0725. The summed E-state index contributed by atoms with van der Waals surface area (Å²) in [4.78, 5) is 13.7. The number of methoxy groups -OCH3 is 1. The highest BCUT2D eigenvalue weighted by Gasteiger charge is 2.47. The molecule has 0 radical (unpaired) electrons. The first-order valence-electron chi connectivity index (χ1n) is 13.3. The summed E-state index contributed by atoms with van der Waals surface area (Å²) in [5.41, 5.74) is -0.705. The third-order valence-electron chi connectivity index (χ3n) is 7.41. The molecular weight excluding hydrogens is 576 g/mol. The van der Waals surface area contributed by atoms with Gasteiger partial charge in [-0.2, -0.15) is 0 Å². The van der Waals surface area contributed by atoms with Crippen molar-refractivity contribution >= 4 is 11.0 Å². The first-order valence-corrected chi connectivity index (χ1v) is 13.3. The van der Waals surface area contributed by atoms with E-state index in [4.69, 9.17) is 28.1 Å². The third kappa shape index (κ3) is 5.86. The smallest absolute Gasteiger partial charge is 0.239 e. The number of phenols is 2. The number of aliphatic hydroxyl groups excluding tert-OH is 6. The van der Waals surface area contributed by atoms with Crippen LogP contribution in [0.15, 0.2) is 45.6 Å². The highest BCUT2D eigenvalue weighted by molar-refractivity contribution is 5.88. The molecule has 0 amide bonds. The van der Waals surface area contributed by atoms with Gasteiger partial charge >= 0.3 is 0 Å². The highest BCUT2D eigenvalue weighted by Crippen LogP contribution is 2.38. The van der Waals surface area contributed by atoms with Crippen molar-refractivity contribution in [1.82, 2.24) is 0 Å². The lowest BCUT2D eigenvalue weighted by Crippen LogP contribution is -2.61. The van der Waals surface area contributed by atoms with Crippen molar-refractivity contribution in [3.63, 3.8) is 0 Å². The van der Waals surface area contributed by atoms with Crippen molar-refractivity contribution in [3.8, 4) is 34.3 Å². The van der Waals surface area contributed by atoms with Crippen molar-refractivity contribution in [2.45, 2.75) is 68.3 Å². The molecule has 10 unspecified atom stereocenters. The molecule has 1 aromatic heterocycles. The molecule has 8 N–H and O–H groups in total. The van der Waals surface area contributed by atoms with Gasteiger partial charge in [-0.3, -0.25) is 4.79 Å². The van der Waals surface area contributed by atoms with E-state index in [-0.39, 0.29) is 33.8 Å². The number of rotatable bonds is 7. The Morgan fingerprint density at radius 3 is 2.14 bits per heavy atom. The van der Waals surface area contributed by atoms with Crippen LogP contribution in [0.2, 0.25) is 0 Å². The zero-order chi connectivity index (χ0) is 31.2. The van der Waals surface area contributed by atoms with Gasteiger partial charge in [0.1, 0.15) is 70.9 Å². The Bertz CT molecular complexity index is 1490. The summed E-state index contributed by atoms with van der Waals surface area (Å²) in [5.74, 6) is -1.11. The number of aliphatic hydroxyl groups is 6. The van der Waals surface area contributed by atoms with Crippen LogP contribution in [-0.2, 0) is 14.2 Å². The molecule has 0 aliphatic carbocycles. The lowest BCUT2D eigenvalue weighted by Gasteiger charge is -2.42.